The van der Waals surface area contributed by atoms with Gasteiger partial charge in [-0.25, -0.2) is 0 Å². The minimum absolute atomic E-state index is 0.0115. The predicted molar refractivity (Wildman–Crippen MR) is 90.1 cm³/mol. The second-order valence-electron chi connectivity index (χ2n) is 4.89. The lowest BCUT2D eigenvalue weighted by Crippen LogP contribution is -2.24. The average molecular weight is 288 g/mol. The van der Waals surface area contributed by atoms with Crippen molar-refractivity contribution in [3.05, 3.63) is 54.1 Å². The molecule has 3 rings (SSSR count). The molecule has 2 aliphatic rings. The first kappa shape index (κ1) is 17.7. The zero-order valence-electron chi connectivity index (χ0n) is 14.1. The van der Waals surface area contributed by atoms with Crippen molar-refractivity contribution in [2.75, 3.05) is 0 Å². The molecule has 1 aliphatic heterocycles. The van der Waals surface area contributed by atoms with Gasteiger partial charge in [0.2, 0.25) is 0 Å². The van der Waals surface area contributed by atoms with Crippen LogP contribution in [0.25, 0.3) is 5.57 Å². The van der Waals surface area contributed by atoms with E-state index in [1.54, 1.807) is 0 Å². The van der Waals surface area contributed by atoms with Gasteiger partial charge in [-0.15, -0.1) is 0 Å². The summed E-state index contributed by atoms with van der Waals surface area (Å²) in [7, 11) is 0. The van der Waals surface area contributed by atoms with Gasteiger partial charge in [-0.1, -0.05) is 76.3 Å². The van der Waals surface area contributed by atoms with Crippen LogP contribution in [-0.2, 0) is 9.47 Å². The van der Waals surface area contributed by atoms with E-state index in [4.69, 9.17) is 9.47 Å². The third kappa shape index (κ3) is 4.29. The van der Waals surface area contributed by atoms with Crippen molar-refractivity contribution in [2.24, 2.45) is 0 Å². The average Bonchev–Trinajstić information content (AvgIpc) is 2.86. The molecule has 1 saturated heterocycles. The smallest absolute Gasteiger partial charge is 0.164 e. The van der Waals surface area contributed by atoms with Gasteiger partial charge in [0.1, 0.15) is 12.2 Å². The van der Waals surface area contributed by atoms with Gasteiger partial charge in [0.15, 0.2) is 5.79 Å². The Morgan fingerprint density at radius 1 is 0.905 bits per heavy atom. The summed E-state index contributed by atoms with van der Waals surface area (Å²) in [5.41, 5.74) is 2.40. The molecule has 0 amide bonds. The summed E-state index contributed by atoms with van der Waals surface area (Å²) in [4.78, 5) is 0. The normalized spacial score (nSPS) is 24.8. The zero-order valence-corrected chi connectivity index (χ0v) is 14.1. The first-order chi connectivity index (χ1) is 10.2. The Balaban J connectivity index is 0.000000510. The Morgan fingerprint density at radius 3 is 2.14 bits per heavy atom. The molecule has 1 fully saturated rings. The summed E-state index contributed by atoms with van der Waals surface area (Å²) in [6, 6.07) is 10.3. The highest BCUT2D eigenvalue weighted by Crippen LogP contribution is 2.38. The van der Waals surface area contributed by atoms with Crippen molar-refractivity contribution in [3.63, 3.8) is 0 Å². The number of fused-ring (bicyclic) bond motifs is 1. The van der Waals surface area contributed by atoms with Crippen molar-refractivity contribution in [1.82, 2.24) is 0 Å². The molecule has 0 unspecified atom stereocenters. The van der Waals surface area contributed by atoms with Gasteiger partial charge in [-0.2, -0.15) is 0 Å². The minimum Gasteiger partial charge on any atom is -0.340 e. The fourth-order valence-electron chi connectivity index (χ4n) is 2.43. The van der Waals surface area contributed by atoms with E-state index in [2.05, 4.69) is 24.3 Å². The number of ether oxygens (including phenoxy) is 2. The lowest BCUT2D eigenvalue weighted by Gasteiger charge is -2.21. The van der Waals surface area contributed by atoms with Gasteiger partial charge in [0, 0.05) is 0 Å². The number of benzene rings is 1. The molecule has 1 aliphatic carbocycles. The van der Waals surface area contributed by atoms with E-state index < -0.39 is 5.79 Å². The van der Waals surface area contributed by atoms with Gasteiger partial charge in [0.25, 0.3) is 0 Å². The van der Waals surface area contributed by atoms with Crippen LogP contribution in [0.15, 0.2) is 48.6 Å². The molecule has 116 valence electrons. The molecule has 0 aromatic heterocycles. The Bertz CT molecular complexity index is 472. The van der Waals surface area contributed by atoms with Gasteiger partial charge in [-0.3, -0.25) is 0 Å². The maximum Gasteiger partial charge on any atom is 0.164 e. The van der Waals surface area contributed by atoms with Crippen molar-refractivity contribution in [2.45, 2.75) is 59.5 Å². The van der Waals surface area contributed by atoms with Crippen LogP contribution >= 0.6 is 0 Å². The van der Waals surface area contributed by atoms with E-state index in [1.807, 2.05) is 65.8 Å². The molecule has 1 aromatic carbocycles. The summed E-state index contributed by atoms with van der Waals surface area (Å²) in [6.45, 7) is 11.9. The Morgan fingerprint density at radius 2 is 1.52 bits per heavy atom. The summed E-state index contributed by atoms with van der Waals surface area (Å²) < 4.78 is 11.8. The highest BCUT2D eigenvalue weighted by atomic mass is 16.7. The topological polar surface area (TPSA) is 18.5 Å². The first-order valence-corrected chi connectivity index (χ1v) is 7.95. The summed E-state index contributed by atoms with van der Waals surface area (Å²) >= 11 is 0. The number of hydrogen-bond donors (Lipinski definition) is 0. The standard InChI is InChI=1S/C15H16O2.2C2H6/c1-15(2)16-13-10-6-9-12(14(13)17-15)11-7-4-3-5-8-11;2*1-2/h3-10,13-14H,1-2H3;2*1-2H3/t13-,14+;;/m1../s1. The number of rotatable bonds is 1. The SMILES string of the molecule is CC.CC.CC1(C)O[C@@H]2C=CC=C(c3ccccc3)[C@@H]2O1. The molecule has 2 atom stereocenters. The highest BCUT2D eigenvalue weighted by Gasteiger charge is 2.42. The van der Waals surface area contributed by atoms with Gasteiger partial charge < -0.3 is 9.47 Å². The van der Waals surface area contributed by atoms with E-state index >= 15 is 0 Å². The van der Waals surface area contributed by atoms with Crippen molar-refractivity contribution >= 4 is 5.57 Å². The third-order valence-corrected chi connectivity index (χ3v) is 3.12. The van der Waals surface area contributed by atoms with Crippen molar-refractivity contribution < 1.29 is 9.47 Å². The minimum atomic E-state index is -0.502. The van der Waals surface area contributed by atoms with E-state index in [-0.39, 0.29) is 12.2 Å². The summed E-state index contributed by atoms with van der Waals surface area (Å²) in [6.07, 6.45) is 6.27. The lowest BCUT2D eigenvalue weighted by molar-refractivity contribution is -0.138. The van der Waals surface area contributed by atoms with Gasteiger partial charge in [0.05, 0.1) is 0 Å². The molecule has 21 heavy (non-hydrogen) atoms. The molecule has 0 bridgehead atoms. The Kier molecular flexibility index (Phi) is 6.86. The van der Waals surface area contributed by atoms with Gasteiger partial charge in [-0.05, 0) is 25.0 Å². The first-order valence-electron chi connectivity index (χ1n) is 7.95. The largest absolute Gasteiger partial charge is 0.340 e. The van der Waals surface area contributed by atoms with Crippen LogP contribution in [0.4, 0.5) is 0 Å². The molecule has 2 nitrogen and oxygen atoms in total. The van der Waals surface area contributed by atoms with Crippen LogP contribution in [0.2, 0.25) is 0 Å². The van der Waals surface area contributed by atoms with Crippen molar-refractivity contribution in [3.8, 4) is 0 Å². The second kappa shape index (κ2) is 8.16. The molecular formula is C19H28O2. The van der Waals surface area contributed by atoms with Crippen LogP contribution in [0.3, 0.4) is 0 Å². The van der Waals surface area contributed by atoms with E-state index in [0.29, 0.717) is 0 Å². The molecule has 1 aromatic rings. The lowest BCUT2D eigenvalue weighted by atomic mass is 9.93. The van der Waals surface area contributed by atoms with E-state index in [1.165, 1.54) is 11.1 Å². The van der Waals surface area contributed by atoms with Crippen LogP contribution in [0, 0.1) is 0 Å². The molecule has 1 heterocycles. The zero-order chi connectivity index (χ0) is 15.9. The monoisotopic (exact) mass is 288 g/mol. The van der Waals surface area contributed by atoms with Crippen LogP contribution < -0.4 is 0 Å². The predicted octanol–water partition coefficient (Wildman–Crippen LogP) is 5.21. The number of allylic oxidation sites excluding steroid dienone is 2. The molecule has 0 radical (unpaired) electrons. The summed E-state index contributed by atoms with van der Waals surface area (Å²) in [5, 5.41) is 0. The van der Waals surface area contributed by atoms with Crippen LogP contribution in [0.1, 0.15) is 47.1 Å². The molecular weight excluding hydrogens is 260 g/mol. The molecule has 2 heteroatoms. The fourth-order valence-corrected chi connectivity index (χ4v) is 2.43. The van der Waals surface area contributed by atoms with Crippen LogP contribution in [0.5, 0.6) is 0 Å². The molecule has 0 N–H and O–H groups in total. The Labute approximate surface area is 129 Å². The maximum atomic E-state index is 5.98. The van der Waals surface area contributed by atoms with E-state index in [9.17, 15) is 0 Å². The quantitative estimate of drug-likeness (QED) is 0.706. The van der Waals surface area contributed by atoms with Crippen molar-refractivity contribution in [1.29, 1.82) is 0 Å². The fraction of sp³-hybridized carbons (Fsp3) is 0.474. The molecule has 0 spiro atoms. The Hall–Kier alpha value is -1.38. The second-order valence-corrected chi connectivity index (χ2v) is 4.89. The van der Waals surface area contributed by atoms with Crippen LogP contribution in [-0.4, -0.2) is 18.0 Å². The number of hydrogen-bond acceptors (Lipinski definition) is 2. The molecule has 0 saturated carbocycles. The maximum absolute atomic E-state index is 5.98. The van der Waals surface area contributed by atoms with Gasteiger partial charge >= 0.3 is 0 Å². The third-order valence-electron chi connectivity index (χ3n) is 3.12. The summed E-state index contributed by atoms with van der Waals surface area (Å²) in [5.74, 6) is -0.502. The highest BCUT2D eigenvalue weighted by molar-refractivity contribution is 5.72. The van der Waals surface area contributed by atoms with E-state index in [0.717, 1.165) is 0 Å².